The van der Waals surface area contributed by atoms with Gasteiger partial charge in [-0.1, -0.05) is 26.3 Å². The molecule has 1 aliphatic carbocycles. The Morgan fingerprint density at radius 3 is 2.46 bits per heavy atom. The van der Waals surface area contributed by atoms with Gasteiger partial charge >= 0.3 is 0 Å². The van der Waals surface area contributed by atoms with Crippen LogP contribution in [0, 0.1) is 17.3 Å². The van der Waals surface area contributed by atoms with Crippen molar-refractivity contribution in [1.29, 1.82) is 0 Å². The van der Waals surface area contributed by atoms with E-state index in [1.807, 2.05) is 0 Å². The Labute approximate surface area is 81.9 Å². The third-order valence-electron chi connectivity index (χ3n) is 3.54. The second-order valence-electron chi connectivity index (χ2n) is 5.09. The molecule has 1 nitrogen and oxygen atoms in total. The maximum absolute atomic E-state index is 9.79. The highest BCUT2D eigenvalue weighted by atomic mass is 16.3. The van der Waals surface area contributed by atoms with E-state index in [-0.39, 0.29) is 6.10 Å². The summed E-state index contributed by atoms with van der Waals surface area (Å²) in [6, 6.07) is 0. The van der Waals surface area contributed by atoms with Gasteiger partial charge in [0.25, 0.3) is 0 Å². The van der Waals surface area contributed by atoms with Gasteiger partial charge in [-0.15, -0.1) is 6.58 Å². The van der Waals surface area contributed by atoms with Gasteiger partial charge in [0.05, 0.1) is 6.10 Å². The first-order chi connectivity index (χ1) is 5.91. The number of rotatable bonds is 4. The molecule has 0 aromatic carbocycles. The lowest BCUT2D eigenvalue weighted by molar-refractivity contribution is 0.129. The van der Waals surface area contributed by atoms with E-state index in [0.29, 0.717) is 17.3 Å². The minimum Gasteiger partial charge on any atom is -0.393 e. The van der Waals surface area contributed by atoms with Crippen molar-refractivity contribution in [3.8, 4) is 0 Å². The van der Waals surface area contributed by atoms with E-state index in [4.69, 9.17) is 0 Å². The minimum atomic E-state index is -0.112. The zero-order chi connectivity index (χ0) is 10.2. The number of hydrogen-bond acceptors (Lipinski definition) is 1. The van der Waals surface area contributed by atoms with Crippen LogP contribution in [0.1, 0.15) is 40.5 Å². The van der Waals surface area contributed by atoms with E-state index in [0.717, 1.165) is 12.8 Å². The third kappa shape index (κ3) is 1.96. The molecule has 1 N–H and O–H groups in total. The first-order valence-corrected chi connectivity index (χ1v) is 5.23. The average Bonchev–Trinajstić information content (AvgIpc) is 2.51. The van der Waals surface area contributed by atoms with Crippen molar-refractivity contribution < 1.29 is 5.11 Å². The summed E-state index contributed by atoms with van der Waals surface area (Å²) in [5.74, 6) is 1.15. The Morgan fingerprint density at radius 2 is 2.08 bits per heavy atom. The molecule has 0 aromatic rings. The highest BCUT2D eigenvalue weighted by Gasteiger charge is 2.59. The third-order valence-corrected chi connectivity index (χ3v) is 3.54. The molecule has 3 atom stereocenters. The van der Waals surface area contributed by atoms with Gasteiger partial charge in [-0.25, -0.2) is 0 Å². The van der Waals surface area contributed by atoms with Crippen LogP contribution in [0.25, 0.3) is 0 Å². The zero-order valence-corrected chi connectivity index (χ0v) is 9.30. The molecular formula is C12H22O. The molecular weight excluding hydrogens is 160 g/mol. The largest absolute Gasteiger partial charge is 0.393 e. The van der Waals surface area contributed by atoms with Gasteiger partial charge in [-0.2, -0.15) is 0 Å². The summed E-state index contributed by atoms with van der Waals surface area (Å²) in [5, 5.41) is 9.79. The zero-order valence-electron chi connectivity index (χ0n) is 9.30. The molecule has 76 valence electrons. The molecule has 0 heterocycles. The van der Waals surface area contributed by atoms with Gasteiger partial charge in [-0.3, -0.25) is 0 Å². The molecule has 0 aromatic heterocycles. The molecule has 0 aliphatic heterocycles. The van der Waals surface area contributed by atoms with E-state index >= 15 is 0 Å². The molecule has 13 heavy (non-hydrogen) atoms. The van der Waals surface area contributed by atoms with E-state index in [9.17, 15) is 5.11 Å². The Bertz CT molecular complexity index is 205. The molecule has 1 fully saturated rings. The standard InChI is InChI=1S/C12H22O/c1-6-10(13)11-9(7-8(2)3)12(11,4)5/h9-11,13H,2,6-7H2,1,3-5H3/t9-,10+,11-/m1/s1. The summed E-state index contributed by atoms with van der Waals surface area (Å²) in [6.45, 7) is 12.6. The normalized spacial score (nSPS) is 32.7. The number of hydrogen-bond donors (Lipinski definition) is 1. The Hall–Kier alpha value is -0.300. The monoisotopic (exact) mass is 182 g/mol. The quantitative estimate of drug-likeness (QED) is 0.663. The van der Waals surface area contributed by atoms with Crippen LogP contribution in [-0.2, 0) is 0 Å². The molecule has 1 saturated carbocycles. The lowest BCUT2D eigenvalue weighted by Crippen LogP contribution is -2.11. The summed E-state index contributed by atoms with van der Waals surface area (Å²) in [4.78, 5) is 0. The smallest absolute Gasteiger partial charge is 0.0573 e. The Morgan fingerprint density at radius 1 is 1.54 bits per heavy atom. The molecule has 0 radical (unpaired) electrons. The van der Waals surface area contributed by atoms with Crippen LogP contribution in [0.2, 0.25) is 0 Å². The first-order valence-electron chi connectivity index (χ1n) is 5.23. The summed E-state index contributed by atoms with van der Waals surface area (Å²) in [6.07, 6.45) is 1.84. The van der Waals surface area contributed by atoms with Crippen LogP contribution in [-0.4, -0.2) is 11.2 Å². The fourth-order valence-corrected chi connectivity index (χ4v) is 2.57. The van der Waals surface area contributed by atoms with Crippen molar-refractivity contribution in [3.63, 3.8) is 0 Å². The maximum Gasteiger partial charge on any atom is 0.0573 e. The predicted octanol–water partition coefficient (Wildman–Crippen LogP) is 3.00. The molecule has 1 heteroatoms. The Kier molecular flexibility index (Phi) is 2.86. The van der Waals surface area contributed by atoms with Crippen LogP contribution >= 0.6 is 0 Å². The second-order valence-corrected chi connectivity index (χ2v) is 5.09. The fraction of sp³-hybridized carbons (Fsp3) is 0.833. The van der Waals surface area contributed by atoms with Crippen LogP contribution in [0.3, 0.4) is 0 Å². The van der Waals surface area contributed by atoms with Crippen molar-refractivity contribution >= 4 is 0 Å². The van der Waals surface area contributed by atoms with Crippen molar-refractivity contribution in [2.24, 2.45) is 17.3 Å². The average molecular weight is 182 g/mol. The van der Waals surface area contributed by atoms with Crippen molar-refractivity contribution in [2.45, 2.75) is 46.6 Å². The highest BCUT2D eigenvalue weighted by molar-refractivity contribution is 5.12. The van der Waals surface area contributed by atoms with E-state index in [1.165, 1.54) is 5.57 Å². The van der Waals surface area contributed by atoms with Gasteiger partial charge in [-0.05, 0) is 37.0 Å². The molecule has 0 saturated heterocycles. The predicted molar refractivity (Wildman–Crippen MR) is 56.5 cm³/mol. The van der Waals surface area contributed by atoms with Crippen molar-refractivity contribution in [3.05, 3.63) is 12.2 Å². The molecule has 1 rings (SSSR count). The van der Waals surface area contributed by atoms with Gasteiger partial charge in [0.2, 0.25) is 0 Å². The van der Waals surface area contributed by atoms with Crippen LogP contribution in [0.15, 0.2) is 12.2 Å². The van der Waals surface area contributed by atoms with Crippen molar-refractivity contribution in [1.82, 2.24) is 0 Å². The van der Waals surface area contributed by atoms with Crippen LogP contribution in [0.5, 0.6) is 0 Å². The topological polar surface area (TPSA) is 20.2 Å². The van der Waals surface area contributed by atoms with Crippen molar-refractivity contribution in [2.75, 3.05) is 0 Å². The fourth-order valence-electron chi connectivity index (χ4n) is 2.57. The summed E-state index contributed by atoms with van der Waals surface area (Å²) >= 11 is 0. The van der Waals surface area contributed by atoms with Crippen LogP contribution < -0.4 is 0 Å². The number of allylic oxidation sites excluding steroid dienone is 1. The SMILES string of the molecule is C=C(C)C[C@@H]1[C@H]([C@@H](O)CC)C1(C)C. The van der Waals surface area contributed by atoms with Gasteiger partial charge in [0, 0.05) is 0 Å². The minimum absolute atomic E-state index is 0.112. The number of aliphatic hydroxyl groups is 1. The molecule has 0 bridgehead atoms. The van der Waals surface area contributed by atoms with E-state index in [1.54, 1.807) is 0 Å². The molecule has 0 amide bonds. The van der Waals surface area contributed by atoms with Gasteiger partial charge < -0.3 is 5.11 Å². The van der Waals surface area contributed by atoms with Gasteiger partial charge in [0.1, 0.15) is 0 Å². The summed E-state index contributed by atoms with van der Waals surface area (Å²) < 4.78 is 0. The molecule has 0 unspecified atom stereocenters. The molecule has 1 aliphatic rings. The highest BCUT2D eigenvalue weighted by Crippen LogP contribution is 2.62. The summed E-state index contributed by atoms with van der Waals surface area (Å²) in [7, 11) is 0. The lowest BCUT2D eigenvalue weighted by Gasteiger charge is -2.08. The first kappa shape index (κ1) is 10.8. The summed E-state index contributed by atoms with van der Waals surface area (Å²) in [5.41, 5.74) is 1.57. The Balaban J connectivity index is 2.55. The van der Waals surface area contributed by atoms with Crippen LogP contribution in [0.4, 0.5) is 0 Å². The number of aliphatic hydroxyl groups excluding tert-OH is 1. The van der Waals surface area contributed by atoms with E-state index < -0.39 is 0 Å². The second kappa shape index (κ2) is 3.45. The maximum atomic E-state index is 9.79. The lowest BCUT2D eigenvalue weighted by atomic mass is 10.0. The van der Waals surface area contributed by atoms with Gasteiger partial charge in [0.15, 0.2) is 0 Å². The van der Waals surface area contributed by atoms with E-state index in [2.05, 4.69) is 34.3 Å². The molecule has 0 spiro atoms.